The molecule has 0 bridgehead atoms. The Morgan fingerprint density at radius 3 is 2.94 bits per heavy atom. The van der Waals surface area contributed by atoms with E-state index in [4.69, 9.17) is 10.00 Å². The summed E-state index contributed by atoms with van der Waals surface area (Å²) in [5.74, 6) is -0.0644. The second-order valence-corrected chi connectivity index (χ2v) is 4.52. The molecule has 17 heavy (non-hydrogen) atoms. The maximum absolute atomic E-state index is 11.9. The Balaban J connectivity index is 2.62. The Hall–Kier alpha value is -1.08. The fourth-order valence-corrected chi connectivity index (χ4v) is 2.36. The summed E-state index contributed by atoms with van der Waals surface area (Å²) in [6.45, 7) is 5.93. The molecule has 1 aliphatic heterocycles. The van der Waals surface area contributed by atoms with Crippen LogP contribution in [-0.4, -0.2) is 36.6 Å². The second kappa shape index (κ2) is 7.29. The molecule has 96 valence electrons. The van der Waals surface area contributed by atoms with Gasteiger partial charge in [-0.2, -0.15) is 5.26 Å². The van der Waals surface area contributed by atoms with E-state index in [1.54, 1.807) is 0 Å². The number of hydrogen-bond acceptors (Lipinski definition) is 4. The summed E-state index contributed by atoms with van der Waals surface area (Å²) in [6.07, 6.45) is 3.72. The van der Waals surface area contributed by atoms with Crippen molar-refractivity contribution < 1.29 is 9.53 Å². The highest BCUT2D eigenvalue weighted by Crippen LogP contribution is 2.20. The van der Waals surface area contributed by atoms with E-state index >= 15 is 0 Å². The van der Waals surface area contributed by atoms with Gasteiger partial charge in [0, 0.05) is 6.54 Å². The van der Waals surface area contributed by atoms with Gasteiger partial charge in [-0.25, -0.2) is 0 Å². The standard InChI is InChI=1S/C13H22N2O2/c1-3-6-12(13(16)17-4-2)15-8-5-7-11(9-14)10-15/h11-12H,3-8,10H2,1-2H3. The Labute approximate surface area is 104 Å². The summed E-state index contributed by atoms with van der Waals surface area (Å²) in [7, 11) is 0. The lowest BCUT2D eigenvalue weighted by Crippen LogP contribution is -2.47. The van der Waals surface area contributed by atoms with Crippen LogP contribution >= 0.6 is 0 Å². The van der Waals surface area contributed by atoms with E-state index in [0.29, 0.717) is 13.2 Å². The van der Waals surface area contributed by atoms with E-state index in [1.807, 2.05) is 6.92 Å². The largest absolute Gasteiger partial charge is 0.465 e. The first-order valence-corrected chi connectivity index (χ1v) is 6.53. The van der Waals surface area contributed by atoms with Gasteiger partial charge in [0.15, 0.2) is 0 Å². The molecule has 0 N–H and O–H groups in total. The maximum Gasteiger partial charge on any atom is 0.323 e. The smallest absolute Gasteiger partial charge is 0.323 e. The summed E-state index contributed by atoms with van der Waals surface area (Å²) in [6, 6.07) is 2.15. The Morgan fingerprint density at radius 1 is 1.59 bits per heavy atom. The van der Waals surface area contributed by atoms with Gasteiger partial charge >= 0.3 is 5.97 Å². The number of rotatable bonds is 5. The number of ether oxygens (including phenoxy) is 1. The third kappa shape index (κ3) is 4.01. The van der Waals surface area contributed by atoms with Crippen molar-refractivity contribution >= 4 is 5.97 Å². The monoisotopic (exact) mass is 238 g/mol. The van der Waals surface area contributed by atoms with Crippen molar-refractivity contribution in [3.63, 3.8) is 0 Å². The first-order valence-electron chi connectivity index (χ1n) is 6.53. The summed E-state index contributed by atoms with van der Waals surface area (Å²) in [4.78, 5) is 14.0. The van der Waals surface area contributed by atoms with Crippen LogP contribution in [-0.2, 0) is 9.53 Å². The van der Waals surface area contributed by atoms with Crippen LogP contribution in [0.2, 0.25) is 0 Å². The third-order valence-corrected chi connectivity index (χ3v) is 3.20. The molecule has 0 saturated carbocycles. The van der Waals surface area contributed by atoms with Crippen LogP contribution < -0.4 is 0 Å². The Kier molecular flexibility index (Phi) is 5.99. The molecule has 1 saturated heterocycles. The number of carbonyl (C=O) groups is 1. The highest BCUT2D eigenvalue weighted by Gasteiger charge is 2.30. The van der Waals surface area contributed by atoms with Crippen LogP contribution in [0.3, 0.4) is 0 Å². The zero-order valence-electron chi connectivity index (χ0n) is 10.8. The average Bonchev–Trinajstić information content (AvgIpc) is 2.36. The molecule has 1 fully saturated rings. The summed E-state index contributed by atoms with van der Waals surface area (Å²) < 4.78 is 5.12. The van der Waals surface area contributed by atoms with Crippen LogP contribution in [0.1, 0.15) is 39.5 Å². The van der Waals surface area contributed by atoms with Gasteiger partial charge in [-0.15, -0.1) is 0 Å². The lowest BCUT2D eigenvalue weighted by Gasteiger charge is -2.34. The fraction of sp³-hybridized carbons (Fsp3) is 0.846. The fourth-order valence-electron chi connectivity index (χ4n) is 2.36. The van der Waals surface area contributed by atoms with Gasteiger partial charge in [0.1, 0.15) is 6.04 Å². The highest BCUT2D eigenvalue weighted by atomic mass is 16.5. The Bertz CT molecular complexity index is 286. The van der Waals surface area contributed by atoms with Gasteiger partial charge in [0.05, 0.1) is 18.6 Å². The molecular formula is C13H22N2O2. The molecule has 4 nitrogen and oxygen atoms in total. The number of nitriles is 1. The van der Waals surface area contributed by atoms with Crippen molar-refractivity contribution in [1.29, 1.82) is 5.26 Å². The molecule has 0 aromatic rings. The minimum atomic E-state index is -0.156. The molecule has 1 aliphatic rings. The lowest BCUT2D eigenvalue weighted by molar-refractivity contribution is -0.150. The topological polar surface area (TPSA) is 53.3 Å². The lowest BCUT2D eigenvalue weighted by atomic mass is 9.97. The van der Waals surface area contributed by atoms with Gasteiger partial charge in [-0.3, -0.25) is 9.69 Å². The molecule has 0 aromatic heterocycles. The zero-order chi connectivity index (χ0) is 12.7. The van der Waals surface area contributed by atoms with E-state index in [9.17, 15) is 4.79 Å². The number of carbonyl (C=O) groups excluding carboxylic acids is 1. The third-order valence-electron chi connectivity index (χ3n) is 3.20. The van der Waals surface area contributed by atoms with Gasteiger partial charge in [0.25, 0.3) is 0 Å². The van der Waals surface area contributed by atoms with Gasteiger partial charge in [-0.1, -0.05) is 13.3 Å². The average molecular weight is 238 g/mol. The van der Waals surface area contributed by atoms with Crippen LogP contribution in [0.15, 0.2) is 0 Å². The number of piperidine rings is 1. The van der Waals surface area contributed by atoms with Crippen molar-refractivity contribution in [1.82, 2.24) is 4.90 Å². The van der Waals surface area contributed by atoms with Crippen LogP contribution in [0.4, 0.5) is 0 Å². The zero-order valence-corrected chi connectivity index (χ0v) is 10.8. The van der Waals surface area contributed by atoms with Crippen molar-refractivity contribution in [2.24, 2.45) is 5.92 Å². The molecule has 0 aromatic carbocycles. The van der Waals surface area contributed by atoms with Crippen LogP contribution in [0.25, 0.3) is 0 Å². The number of nitrogens with zero attached hydrogens (tertiary/aromatic N) is 2. The Morgan fingerprint density at radius 2 is 2.35 bits per heavy atom. The number of likely N-dealkylation sites (tertiary alicyclic amines) is 1. The van der Waals surface area contributed by atoms with Crippen molar-refractivity contribution in [2.45, 2.75) is 45.6 Å². The van der Waals surface area contributed by atoms with Crippen molar-refractivity contribution in [3.05, 3.63) is 0 Å². The van der Waals surface area contributed by atoms with Crippen LogP contribution in [0, 0.1) is 17.2 Å². The molecule has 0 radical (unpaired) electrons. The summed E-state index contributed by atoms with van der Waals surface area (Å²) in [5, 5.41) is 8.97. The molecular weight excluding hydrogens is 216 g/mol. The van der Waals surface area contributed by atoms with Crippen molar-refractivity contribution in [3.8, 4) is 6.07 Å². The first-order chi connectivity index (χ1) is 8.22. The molecule has 1 heterocycles. The minimum absolute atomic E-state index is 0.0672. The quantitative estimate of drug-likeness (QED) is 0.687. The molecule has 1 rings (SSSR count). The van der Waals surface area contributed by atoms with E-state index in [2.05, 4.69) is 17.9 Å². The van der Waals surface area contributed by atoms with E-state index < -0.39 is 0 Å². The first kappa shape index (κ1) is 14.0. The SMILES string of the molecule is CCCC(C(=O)OCC)N1CCCC(C#N)C1. The van der Waals surface area contributed by atoms with E-state index in [1.165, 1.54) is 0 Å². The predicted octanol–water partition coefficient (Wildman–Crippen LogP) is 1.95. The number of hydrogen-bond donors (Lipinski definition) is 0. The molecule has 0 aliphatic carbocycles. The maximum atomic E-state index is 11.9. The normalized spacial score (nSPS) is 22.8. The highest BCUT2D eigenvalue weighted by molar-refractivity contribution is 5.75. The van der Waals surface area contributed by atoms with E-state index in [-0.39, 0.29) is 17.9 Å². The predicted molar refractivity (Wildman–Crippen MR) is 65.2 cm³/mol. The van der Waals surface area contributed by atoms with E-state index in [0.717, 1.165) is 32.2 Å². The van der Waals surface area contributed by atoms with Gasteiger partial charge in [0.2, 0.25) is 0 Å². The van der Waals surface area contributed by atoms with Gasteiger partial charge < -0.3 is 4.74 Å². The van der Waals surface area contributed by atoms with Crippen LogP contribution in [0.5, 0.6) is 0 Å². The molecule has 0 amide bonds. The minimum Gasteiger partial charge on any atom is -0.465 e. The molecule has 2 atom stereocenters. The molecule has 0 spiro atoms. The molecule has 4 heteroatoms. The summed E-state index contributed by atoms with van der Waals surface area (Å²) in [5.41, 5.74) is 0. The number of esters is 1. The van der Waals surface area contributed by atoms with Gasteiger partial charge in [-0.05, 0) is 32.7 Å². The second-order valence-electron chi connectivity index (χ2n) is 4.52. The molecule has 2 unspecified atom stereocenters. The summed E-state index contributed by atoms with van der Waals surface area (Å²) >= 11 is 0. The van der Waals surface area contributed by atoms with Crippen molar-refractivity contribution in [2.75, 3.05) is 19.7 Å².